The molecule has 1 aliphatic heterocycles. The minimum atomic E-state index is -0.485. The molecule has 3 aromatic carbocycles. The lowest BCUT2D eigenvalue weighted by Crippen LogP contribution is -2.23. The van der Waals surface area contributed by atoms with Gasteiger partial charge in [0.15, 0.2) is 0 Å². The van der Waals surface area contributed by atoms with E-state index in [9.17, 15) is 20.0 Å². The molecule has 1 saturated heterocycles. The van der Waals surface area contributed by atoms with E-state index in [1.165, 1.54) is 24.3 Å². The number of carbonyl (C=O) groups excluding carboxylic acids is 1. The van der Waals surface area contributed by atoms with Crippen molar-refractivity contribution in [2.45, 2.75) is 19.4 Å². The van der Waals surface area contributed by atoms with Crippen molar-refractivity contribution in [3.63, 3.8) is 0 Å². The van der Waals surface area contributed by atoms with Crippen molar-refractivity contribution in [3.8, 4) is 5.75 Å². The number of hydrogen-bond acceptors (Lipinski definition) is 7. The van der Waals surface area contributed by atoms with Gasteiger partial charge in [-0.05, 0) is 60.5 Å². The predicted molar refractivity (Wildman–Crippen MR) is 125 cm³/mol. The number of nitro benzene ring substituents is 1. The maximum absolute atomic E-state index is 11.8. The Balaban J connectivity index is 1.47. The highest BCUT2D eigenvalue weighted by Gasteiger charge is 2.20. The van der Waals surface area contributed by atoms with E-state index in [0.717, 1.165) is 18.5 Å². The molecule has 0 unspecified atom stereocenters. The van der Waals surface area contributed by atoms with Crippen LogP contribution in [0.15, 0.2) is 70.9 Å². The summed E-state index contributed by atoms with van der Waals surface area (Å²) in [7, 11) is 0. The summed E-state index contributed by atoms with van der Waals surface area (Å²) in [6.07, 6.45) is 1.43. The largest absolute Gasteiger partial charge is 0.506 e. The lowest BCUT2D eigenvalue weighted by molar-refractivity contribution is -0.383. The molecular weight excluding hydrogens is 446 g/mol. The number of nitrogens with zero attached hydrogens (tertiary/aromatic N) is 4. The van der Waals surface area contributed by atoms with Crippen LogP contribution in [-0.2, 0) is 11.3 Å². The van der Waals surface area contributed by atoms with Crippen molar-refractivity contribution in [2.75, 3.05) is 11.9 Å². The average Bonchev–Trinajstić information content (AvgIpc) is 3.19. The molecule has 9 nitrogen and oxygen atoms in total. The number of phenolic OH excluding ortho intramolecular Hbond substituents is 1. The Labute approximate surface area is 194 Å². The molecule has 1 fully saturated rings. The van der Waals surface area contributed by atoms with E-state index >= 15 is 0 Å². The van der Waals surface area contributed by atoms with Crippen LogP contribution >= 0.6 is 11.6 Å². The summed E-state index contributed by atoms with van der Waals surface area (Å²) < 4.78 is 0. The van der Waals surface area contributed by atoms with Crippen molar-refractivity contribution in [3.05, 3.63) is 81.4 Å². The lowest BCUT2D eigenvalue weighted by atomic mass is 10.2. The number of rotatable bonds is 7. The fraction of sp³-hybridized carbons (Fsp3) is 0.174. The van der Waals surface area contributed by atoms with E-state index in [1.807, 2.05) is 0 Å². The highest BCUT2D eigenvalue weighted by molar-refractivity contribution is 6.31. The minimum Gasteiger partial charge on any atom is -0.506 e. The SMILES string of the molecule is O=C1CCCN1Cc1ccc(O)c(N=Nc2ccc(Nc3cc(Cl)ccc3[N+](=O)[O-])cc2)c1. The van der Waals surface area contributed by atoms with Gasteiger partial charge in [0.05, 0.1) is 10.6 Å². The van der Waals surface area contributed by atoms with Crippen LogP contribution in [0.4, 0.5) is 28.4 Å². The van der Waals surface area contributed by atoms with Gasteiger partial charge in [0.25, 0.3) is 5.69 Å². The maximum atomic E-state index is 11.8. The van der Waals surface area contributed by atoms with Gasteiger partial charge in [-0.1, -0.05) is 17.7 Å². The number of anilines is 2. The fourth-order valence-electron chi connectivity index (χ4n) is 3.49. The van der Waals surface area contributed by atoms with E-state index in [-0.39, 0.29) is 23.0 Å². The Hall–Kier alpha value is -3.98. The number of likely N-dealkylation sites (tertiary alicyclic amines) is 1. The number of phenols is 1. The molecule has 0 spiro atoms. The fourth-order valence-corrected chi connectivity index (χ4v) is 3.66. The zero-order chi connectivity index (χ0) is 23.4. The Morgan fingerprint density at radius 2 is 1.88 bits per heavy atom. The Morgan fingerprint density at radius 3 is 2.58 bits per heavy atom. The van der Waals surface area contributed by atoms with E-state index in [2.05, 4.69) is 15.5 Å². The third kappa shape index (κ3) is 5.45. The molecule has 0 saturated carbocycles. The van der Waals surface area contributed by atoms with Crippen molar-refractivity contribution in [1.29, 1.82) is 0 Å². The number of nitrogens with one attached hydrogen (secondary N) is 1. The second-order valence-corrected chi connectivity index (χ2v) is 7.97. The van der Waals surface area contributed by atoms with Crippen LogP contribution in [0.25, 0.3) is 0 Å². The highest BCUT2D eigenvalue weighted by atomic mass is 35.5. The van der Waals surface area contributed by atoms with Gasteiger partial charge in [-0.3, -0.25) is 14.9 Å². The Morgan fingerprint density at radius 1 is 1.09 bits per heavy atom. The van der Waals surface area contributed by atoms with E-state index in [0.29, 0.717) is 35.1 Å². The smallest absolute Gasteiger partial charge is 0.292 e. The van der Waals surface area contributed by atoms with Crippen LogP contribution in [-0.4, -0.2) is 27.4 Å². The monoisotopic (exact) mass is 465 g/mol. The third-order valence-corrected chi connectivity index (χ3v) is 5.39. The molecule has 0 radical (unpaired) electrons. The molecule has 2 N–H and O–H groups in total. The molecular formula is C23H20ClN5O4. The predicted octanol–water partition coefficient (Wildman–Crippen LogP) is 6.24. The zero-order valence-electron chi connectivity index (χ0n) is 17.4. The summed E-state index contributed by atoms with van der Waals surface area (Å²) in [5.74, 6) is 0.116. The van der Waals surface area contributed by atoms with Crippen LogP contribution in [0.5, 0.6) is 5.75 Å². The molecule has 0 aromatic heterocycles. The second-order valence-electron chi connectivity index (χ2n) is 7.53. The summed E-state index contributed by atoms with van der Waals surface area (Å²) >= 11 is 5.96. The molecule has 0 aliphatic carbocycles. The Kier molecular flexibility index (Phi) is 6.50. The first-order valence-electron chi connectivity index (χ1n) is 10.2. The van der Waals surface area contributed by atoms with Crippen LogP contribution in [0.1, 0.15) is 18.4 Å². The second kappa shape index (κ2) is 9.66. The van der Waals surface area contributed by atoms with E-state index in [4.69, 9.17) is 11.6 Å². The van der Waals surface area contributed by atoms with Crippen LogP contribution in [0.2, 0.25) is 5.02 Å². The van der Waals surface area contributed by atoms with Gasteiger partial charge in [0.2, 0.25) is 5.91 Å². The van der Waals surface area contributed by atoms with Gasteiger partial charge in [0, 0.05) is 36.3 Å². The van der Waals surface area contributed by atoms with E-state index in [1.54, 1.807) is 41.3 Å². The topological polar surface area (TPSA) is 120 Å². The number of nitro groups is 1. The molecule has 0 atom stereocenters. The van der Waals surface area contributed by atoms with Gasteiger partial charge < -0.3 is 15.3 Å². The summed E-state index contributed by atoms with van der Waals surface area (Å²) in [5.41, 5.74) is 2.49. The Bertz CT molecular complexity index is 1230. The molecule has 1 heterocycles. The first-order chi connectivity index (χ1) is 15.9. The molecule has 1 amide bonds. The van der Waals surface area contributed by atoms with Gasteiger partial charge >= 0.3 is 0 Å². The van der Waals surface area contributed by atoms with Gasteiger partial charge in [-0.25, -0.2) is 0 Å². The van der Waals surface area contributed by atoms with Crippen LogP contribution < -0.4 is 5.32 Å². The number of halogens is 1. The number of hydrogen-bond donors (Lipinski definition) is 2. The number of aromatic hydroxyl groups is 1. The minimum absolute atomic E-state index is 0.0122. The summed E-state index contributed by atoms with van der Waals surface area (Å²) in [4.78, 5) is 24.4. The molecule has 33 heavy (non-hydrogen) atoms. The van der Waals surface area contributed by atoms with Crippen LogP contribution in [0.3, 0.4) is 0 Å². The normalized spacial score (nSPS) is 13.6. The first kappa shape index (κ1) is 22.2. The number of carbonyl (C=O) groups is 1. The maximum Gasteiger partial charge on any atom is 0.292 e. The summed E-state index contributed by atoms with van der Waals surface area (Å²) in [5, 5.41) is 33.0. The number of benzene rings is 3. The summed E-state index contributed by atoms with van der Waals surface area (Å²) in [6.45, 7) is 1.20. The molecule has 10 heteroatoms. The molecule has 3 aromatic rings. The third-order valence-electron chi connectivity index (χ3n) is 5.16. The van der Waals surface area contributed by atoms with Crippen molar-refractivity contribution in [2.24, 2.45) is 10.2 Å². The molecule has 0 bridgehead atoms. The van der Waals surface area contributed by atoms with Gasteiger partial charge in [0.1, 0.15) is 17.1 Å². The van der Waals surface area contributed by atoms with Crippen LogP contribution in [0, 0.1) is 10.1 Å². The first-order valence-corrected chi connectivity index (χ1v) is 10.6. The molecule has 168 valence electrons. The van der Waals surface area contributed by atoms with Crippen molar-refractivity contribution < 1.29 is 14.8 Å². The number of amides is 1. The van der Waals surface area contributed by atoms with Crippen molar-refractivity contribution >= 4 is 45.9 Å². The van der Waals surface area contributed by atoms with E-state index < -0.39 is 4.92 Å². The quantitative estimate of drug-likeness (QED) is 0.243. The van der Waals surface area contributed by atoms with Gasteiger partial charge in [-0.2, -0.15) is 5.11 Å². The summed E-state index contributed by atoms with van der Waals surface area (Å²) in [6, 6.07) is 16.1. The lowest BCUT2D eigenvalue weighted by Gasteiger charge is -2.15. The highest BCUT2D eigenvalue weighted by Crippen LogP contribution is 2.32. The molecule has 4 rings (SSSR count). The van der Waals surface area contributed by atoms with Gasteiger partial charge in [-0.15, -0.1) is 5.11 Å². The average molecular weight is 466 g/mol. The zero-order valence-corrected chi connectivity index (χ0v) is 18.2. The van der Waals surface area contributed by atoms with Crippen molar-refractivity contribution in [1.82, 2.24) is 4.90 Å². The molecule has 1 aliphatic rings. The standard InChI is InChI=1S/C23H20ClN5O4/c24-16-4-9-21(29(32)33)19(13-16)25-17-5-7-18(8-6-17)26-27-20-12-15(3-10-22(20)30)14-28-11-1-2-23(28)31/h3-10,12-13,25,30H,1-2,11,14H2. The number of azo groups is 1.